The van der Waals surface area contributed by atoms with Crippen LogP contribution in [0.3, 0.4) is 0 Å². The molecule has 8 heteroatoms. The number of carbonyl (C=O) groups excluding carboxylic acids is 1. The molecule has 0 aromatic heterocycles. The summed E-state index contributed by atoms with van der Waals surface area (Å²) in [5.74, 6) is -0.459. The SMILES string of the molecule is Nc1ccc(C(=O)N/N=C2\CC(c3ccc(O)cc3)Oc3cc(O)cc(O)c32)cc1. The molecular formula is C22H19N3O5. The van der Waals surface area contributed by atoms with Gasteiger partial charge in [0.25, 0.3) is 5.91 Å². The smallest absolute Gasteiger partial charge is 0.271 e. The normalized spacial score (nSPS) is 16.5. The van der Waals surface area contributed by atoms with Crippen molar-refractivity contribution in [2.45, 2.75) is 12.5 Å². The van der Waals surface area contributed by atoms with E-state index in [2.05, 4.69) is 10.5 Å². The summed E-state index contributed by atoms with van der Waals surface area (Å²) >= 11 is 0. The Morgan fingerprint density at radius 3 is 2.40 bits per heavy atom. The molecule has 3 aromatic rings. The van der Waals surface area contributed by atoms with Crippen molar-refractivity contribution in [3.8, 4) is 23.0 Å². The fraction of sp³-hybridized carbons (Fsp3) is 0.0909. The largest absolute Gasteiger partial charge is 0.508 e. The van der Waals surface area contributed by atoms with E-state index in [-0.39, 0.29) is 29.4 Å². The molecule has 4 rings (SSSR count). The van der Waals surface area contributed by atoms with Crippen LogP contribution in [0.2, 0.25) is 0 Å². The van der Waals surface area contributed by atoms with E-state index >= 15 is 0 Å². The van der Waals surface area contributed by atoms with Gasteiger partial charge in [-0.25, -0.2) is 5.43 Å². The monoisotopic (exact) mass is 405 g/mol. The van der Waals surface area contributed by atoms with Crippen molar-refractivity contribution in [3.63, 3.8) is 0 Å². The van der Waals surface area contributed by atoms with Crippen molar-refractivity contribution in [2.75, 3.05) is 5.73 Å². The van der Waals surface area contributed by atoms with E-state index in [9.17, 15) is 20.1 Å². The van der Waals surface area contributed by atoms with Crippen molar-refractivity contribution < 1.29 is 24.9 Å². The molecule has 1 amide bonds. The highest BCUT2D eigenvalue weighted by Gasteiger charge is 2.30. The van der Waals surface area contributed by atoms with Gasteiger partial charge in [-0.3, -0.25) is 4.79 Å². The van der Waals surface area contributed by atoms with Crippen molar-refractivity contribution in [1.82, 2.24) is 5.43 Å². The molecule has 6 N–H and O–H groups in total. The molecule has 1 aliphatic heterocycles. The first kappa shape index (κ1) is 19.1. The first-order valence-electron chi connectivity index (χ1n) is 9.15. The summed E-state index contributed by atoms with van der Waals surface area (Å²) in [7, 11) is 0. The Bertz CT molecular complexity index is 1120. The van der Waals surface area contributed by atoms with Gasteiger partial charge in [0.05, 0.1) is 11.3 Å². The minimum absolute atomic E-state index is 0.120. The van der Waals surface area contributed by atoms with Crippen LogP contribution < -0.4 is 15.9 Å². The minimum atomic E-state index is -0.494. The number of phenolic OH excluding ortho intramolecular Hbond substituents is 3. The lowest BCUT2D eigenvalue weighted by Crippen LogP contribution is -2.25. The topological polar surface area (TPSA) is 137 Å². The highest BCUT2D eigenvalue weighted by atomic mass is 16.5. The van der Waals surface area contributed by atoms with Crippen molar-refractivity contribution in [3.05, 3.63) is 77.4 Å². The Kier molecular flexibility index (Phi) is 4.89. The van der Waals surface area contributed by atoms with Crippen molar-refractivity contribution in [1.29, 1.82) is 0 Å². The molecule has 8 nitrogen and oxygen atoms in total. The van der Waals surface area contributed by atoms with Gasteiger partial charge in [0, 0.05) is 29.8 Å². The number of nitrogen functional groups attached to an aromatic ring is 1. The van der Waals surface area contributed by atoms with Gasteiger partial charge in [-0.15, -0.1) is 0 Å². The molecule has 0 saturated heterocycles. The van der Waals surface area contributed by atoms with Gasteiger partial charge in [0.2, 0.25) is 0 Å². The molecule has 0 bridgehead atoms. The summed E-state index contributed by atoms with van der Waals surface area (Å²) in [5.41, 5.74) is 10.5. The molecule has 0 saturated carbocycles. The van der Waals surface area contributed by atoms with Gasteiger partial charge in [-0.05, 0) is 42.0 Å². The number of ether oxygens (including phenoxy) is 1. The molecule has 1 unspecified atom stereocenters. The molecule has 0 radical (unpaired) electrons. The molecule has 3 aromatic carbocycles. The number of hydrazone groups is 1. The van der Waals surface area contributed by atoms with Crippen LogP contribution in [0.1, 0.15) is 34.0 Å². The van der Waals surface area contributed by atoms with Gasteiger partial charge in [-0.1, -0.05) is 12.1 Å². The number of fused-ring (bicyclic) bond motifs is 1. The summed E-state index contributed by atoms with van der Waals surface area (Å²) in [6.07, 6.45) is -0.246. The van der Waals surface area contributed by atoms with E-state index in [0.29, 0.717) is 22.5 Å². The lowest BCUT2D eigenvalue weighted by Gasteiger charge is -2.28. The Hall–Kier alpha value is -4.20. The van der Waals surface area contributed by atoms with Gasteiger partial charge < -0.3 is 25.8 Å². The number of benzene rings is 3. The number of phenols is 3. The number of nitrogens with zero attached hydrogens (tertiary/aromatic N) is 1. The molecule has 1 aliphatic rings. The Balaban J connectivity index is 1.68. The van der Waals surface area contributed by atoms with Gasteiger partial charge >= 0.3 is 0 Å². The van der Waals surface area contributed by atoms with Crippen LogP contribution >= 0.6 is 0 Å². The Labute approximate surface area is 171 Å². The molecule has 0 spiro atoms. The Morgan fingerprint density at radius 2 is 1.70 bits per heavy atom. The molecule has 1 heterocycles. The average molecular weight is 405 g/mol. The number of amides is 1. The van der Waals surface area contributed by atoms with Crippen LogP contribution in [-0.2, 0) is 0 Å². The molecule has 0 aliphatic carbocycles. The lowest BCUT2D eigenvalue weighted by molar-refractivity contribution is 0.0954. The highest BCUT2D eigenvalue weighted by Crippen LogP contribution is 2.42. The van der Waals surface area contributed by atoms with Crippen molar-refractivity contribution in [2.24, 2.45) is 5.10 Å². The van der Waals surface area contributed by atoms with Crippen LogP contribution in [0.5, 0.6) is 23.0 Å². The summed E-state index contributed by atoms with van der Waals surface area (Å²) < 4.78 is 5.95. The van der Waals surface area contributed by atoms with Crippen LogP contribution in [-0.4, -0.2) is 26.9 Å². The average Bonchev–Trinajstić information content (AvgIpc) is 2.72. The van der Waals surface area contributed by atoms with E-state index in [1.165, 1.54) is 24.3 Å². The minimum Gasteiger partial charge on any atom is -0.508 e. The molecule has 0 fully saturated rings. The first-order chi connectivity index (χ1) is 14.4. The highest BCUT2D eigenvalue weighted by molar-refractivity contribution is 6.07. The maximum absolute atomic E-state index is 12.4. The van der Waals surface area contributed by atoms with Crippen LogP contribution in [0.15, 0.2) is 65.8 Å². The Morgan fingerprint density at radius 1 is 1.00 bits per heavy atom. The molecule has 152 valence electrons. The maximum Gasteiger partial charge on any atom is 0.271 e. The fourth-order valence-electron chi connectivity index (χ4n) is 3.24. The number of rotatable bonds is 3. The predicted molar refractivity (Wildman–Crippen MR) is 111 cm³/mol. The number of hydrogen-bond donors (Lipinski definition) is 5. The third-order valence-corrected chi connectivity index (χ3v) is 4.73. The maximum atomic E-state index is 12.4. The number of nitrogens with two attached hydrogens (primary N) is 1. The van der Waals surface area contributed by atoms with E-state index in [4.69, 9.17) is 10.5 Å². The zero-order valence-corrected chi connectivity index (χ0v) is 15.7. The number of carbonyl (C=O) groups is 1. The summed E-state index contributed by atoms with van der Waals surface area (Å²) in [6.45, 7) is 0. The summed E-state index contributed by atoms with van der Waals surface area (Å²) in [4.78, 5) is 12.4. The first-order valence-corrected chi connectivity index (χ1v) is 9.15. The number of anilines is 1. The number of hydrogen-bond acceptors (Lipinski definition) is 7. The van der Waals surface area contributed by atoms with E-state index in [1.807, 2.05) is 0 Å². The second-order valence-electron chi connectivity index (χ2n) is 6.86. The standard InChI is InChI=1S/C22H19N3O5/c23-14-5-1-13(2-6-14)22(29)25-24-17-11-19(12-3-7-15(26)8-4-12)30-20-10-16(27)9-18(28)21(17)20/h1-10,19,26-28H,11,23H2,(H,25,29)/b24-17+. The van der Waals surface area contributed by atoms with Gasteiger partial charge in [-0.2, -0.15) is 5.10 Å². The molecule has 1 atom stereocenters. The fourth-order valence-corrected chi connectivity index (χ4v) is 3.24. The zero-order valence-electron chi connectivity index (χ0n) is 15.7. The van der Waals surface area contributed by atoms with Crippen LogP contribution in [0, 0.1) is 0 Å². The second-order valence-corrected chi connectivity index (χ2v) is 6.86. The van der Waals surface area contributed by atoms with E-state index < -0.39 is 12.0 Å². The molecule has 30 heavy (non-hydrogen) atoms. The van der Waals surface area contributed by atoms with Crippen LogP contribution in [0.4, 0.5) is 5.69 Å². The van der Waals surface area contributed by atoms with E-state index in [0.717, 1.165) is 5.56 Å². The van der Waals surface area contributed by atoms with Gasteiger partial charge in [0.15, 0.2) is 0 Å². The third-order valence-electron chi connectivity index (χ3n) is 4.73. The predicted octanol–water partition coefficient (Wildman–Crippen LogP) is 3.04. The lowest BCUT2D eigenvalue weighted by atomic mass is 9.94. The molecular weight excluding hydrogens is 386 g/mol. The second kappa shape index (κ2) is 7.67. The quantitative estimate of drug-likeness (QED) is 0.335. The van der Waals surface area contributed by atoms with Crippen LogP contribution in [0.25, 0.3) is 0 Å². The van der Waals surface area contributed by atoms with E-state index in [1.54, 1.807) is 36.4 Å². The summed E-state index contributed by atoms with van der Waals surface area (Å²) in [5, 5.41) is 33.9. The number of aromatic hydroxyl groups is 3. The summed E-state index contributed by atoms with van der Waals surface area (Å²) in [6, 6.07) is 15.4. The van der Waals surface area contributed by atoms with Gasteiger partial charge in [0.1, 0.15) is 29.1 Å². The van der Waals surface area contributed by atoms with Crippen molar-refractivity contribution >= 4 is 17.3 Å². The zero-order chi connectivity index (χ0) is 21.3. The number of nitrogens with one attached hydrogen (secondary N) is 1. The third kappa shape index (κ3) is 3.83.